The van der Waals surface area contributed by atoms with Crippen molar-refractivity contribution in [1.29, 1.82) is 0 Å². The highest BCUT2D eigenvalue weighted by Gasteiger charge is 2.20. The number of hydrogen-bond donors (Lipinski definition) is 1. The molecule has 6 heteroatoms. The number of anilines is 1. The Hall–Kier alpha value is -1.69. The Morgan fingerprint density at radius 2 is 2.16 bits per heavy atom. The van der Waals surface area contributed by atoms with Crippen molar-refractivity contribution in [2.24, 2.45) is 5.92 Å². The Morgan fingerprint density at radius 3 is 2.74 bits per heavy atom. The lowest BCUT2D eigenvalue weighted by Crippen LogP contribution is -2.23. The fourth-order valence-corrected chi connectivity index (χ4v) is 3.16. The van der Waals surface area contributed by atoms with Gasteiger partial charge in [-0.3, -0.25) is 0 Å². The molecular weight excluding hydrogens is 262 g/mol. The van der Waals surface area contributed by atoms with E-state index < -0.39 is 5.97 Å². The molecule has 0 aliphatic carbocycles. The van der Waals surface area contributed by atoms with E-state index in [-0.39, 0.29) is 0 Å². The van der Waals surface area contributed by atoms with Gasteiger partial charge in [-0.2, -0.15) is 0 Å². The first-order chi connectivity index (χ1) is 8.91. The number of aromatic carboxylic acids is 1. The van der Waals surface area contributed by atoms with Crippen LogP contribution in [-0.4, -0.2) is 34.6 Å². The van der Waals surface area contributed by atoms with Crippen LogP contribution in [0.2, 0.25) is 0 Å². The van der Waals surface area contributed by atoms with Gasteiger partial charge in [0, 0.05) is 13.6 Å². The molecule has 1 N–H and O–H groups in total. The number of thiophene rings is 1. The number of carboxylic acids is 1. The van der Waals surface area contributed by atoms with Crippen LogP contribution in [0.5, 0.6) is 0 Å². The topological polar surface area (TPSA) is 66.3 Å². The summed E-state index contributed by atoms with van der Waals surface area (Å²) in [6.07, 6.45) is 1.50. The van der Waals surface area contributed by atoms with Crippen molar-refractivity contribution in [3.63, 3.8) is 0 Å². The van der Waals surface area contributed by atoms with E-state index in [2.05, 4.69) is 28.7 Å². The summed E-state index contributed by atoms with van der Waals surface area (Å²) in [5.74, 6) is 0.408. The summed E-state index contributed by atoms with van der Waals surface area (Å²) in [7, 11) is 1.97. The first-order valence-corrected chi connectivity index (χ1v) is 6.92. The quantitative estimate of drug-likeness (QED) is 0.932. The predicted octanol–water partition coefficient (Wildman–Crippen LogP) is 2.79. The average Bonchev–Trinajstić information content (AvgIpc) is 2.66. The van der Waals surface area contributed by atoms with Gasteiger partial charge in [0.1, 0.15) is 21.9 Å². The van der Waals surface area contributed by atoms with Crippen molar-refractivity contribution in [2.45, 2.75) is 20.8 Å². The minimum atomic E-state index is -0.905. The Morgan fingerprint density at radius 1 is 1.47 bits per heavy atom. The van der Waals surface area contributed by atoms with Crippen LogP contribution in [0.25, 0.3) is 10.2 Å². The minimum absolute atomic E-state index is 0.342. The van der Waals surface area contributed by atoms with E-state index in [1.807, 2.05) is 14.0 Å². The minimum Gasteiger partial charge on any atom is -0.477 e. The van der Waals surface area contributed by atoms with Gasteiger partial charge in [0.2, 0.25) is 0 Å². The van der Waals surface area contributed by atoms with Crippen LogP contribution in [0.1, 0.15) is 29.1 Å². The highest BCUT2D eigenvalue weighted by Crippen LogP contribution is 2.34. The van der Waals surface area contributed by atoms with Gasteiger partial charge in [-0.15, -0.1) is 11.3 Å². The summed E-state index contributed by atoms with van der Waals surface area (Å²) in [6.45, 7) is 6.96. The second kappa shape index (κ2) is 5.13. The van der Waals surface area contributed by atoms with Crippen molar-refractivity contribution in [3.05, 3.63) is 16.8 Å². The lowest BCUT2D eigenvalue weighted by molar-refractivity contribution is 0.0701. The number of hydrogen-bond acceptors (Lipinski definition) is 5. The fraction of sp³-hybridized carbons (Fsp3) is 0.462. The standard InChI is InChI=1S/C13H17N3O2S/c1-7(2)5-16(4)11-9-8(3)10(13(17)18)19-12(9)15-6-14-11/h6-7H,5H2,1-4H3,(H,17,18). The average molecular weight is 279 g/mol. The van der Waals surface area contributed by atoms with Crippen LogP contribution in [-0.2, 0) is 0 Å². The van der Waals surface area contributed by atoms with Gasteiger partial charge in [-0.05, 0) is 18.4 Å². The Bertz CT molecular complexity index is 622. The number of aromatic nitrogens is 2. The molecule has 5 nitrogen and oxygen atoms in total. The molecule has 0 bridgehead atoms. The first kappa shape index (κ1) is 13.7. The molecule has 0 amide bonds. The Kier molecular flexibility index (Phi) is 3.71. The fourth-order valence-electron chi connectivity index (χ4n) is 2.18. The van der Waals surface area contributed by atoms with Crippen LogP contribution in [0.3, 0.4) is 0 Å². The maximum atomic E-state index is 11.2. The molecule has 102 valence electrons. The van der Waals surface area contributed by atoms with E-state index >= 15 is 0 Å². The summed E-state index contributed by atoms with van der Waals surface area (Å²) in [6, 6.07) is 0. The lowest BCUT2D eigenvalue weighted by Gasteiger charge is -2.21. The second-order valence-electron chi connectivity index (χ2n) is 5.01. The molecule has 0 fully saturated rings. The van der Waals surface area contributed by atoms with Gasteiger partial charge in [0.05, 0.1) is 5.39 Å². The molecule has 0 radical (unpaired) electrons. The molecule has 0 atom stereocenters. The third-order valence-corrected chi connectivity index (χ3v) is 4.09. The molecule has 0 saturated heterocycles. The van der Waals surface area contributed by atoms with E-state index in [0.717, 1.165) is 28.1 Å². The summed E-state index contributed by atoms with van der Waals surface area (Å²) >= 11 is 1.21. The summed E-state index contributed by atoms with van der Waals surface area (Å²) in [5, 5.41) is 10.0. The normalized spacial score (nSPS) is 11.2. The highest BCUT2D eigenvalue weighted by atomic mass is 32.1. The molecule has 0 aromatic carbocycles. The first-order valence-electron chi connectivity index (χ1n) is 6.10. The highest BCUT2D eigenvalue weighted by molar-refractivity contribution is 7.20. The molecular formula is C13H17N3O2S. The van der Waals surface area contributed by atoms with Crippen LogP contribution in [0.15, 0.2) is 6.33 Å². The van der Waals surface area contributed by atoms with E-state index in [9.17, 15) is 9.90 Å². The van der Waals surface area contributed by atoms with Gasteiger partial charge < -0.3 is 10.0 Å². The van der Waals surface area contributed by atoms with E-state index in [4.69, 9.17) is 0 Å². The summed E-state index contributed by atoms with van der Waals surface area (Å²) in [4.78, 5) is 22.8. The van der Waals surface area contributed by atoms with Crippen LogP contribution < -0.4 is 4.90 Å². The third-order valence-electron chi connectivity index (χ3n) is 2.90. The monoisotopic (exact) mass is 279 g/mol. The van der Waals surface area contributed by atoms with Crippen molar-refractivity contribution >= 4 is 33.3 Å². The lowest BCUT2D eigenvalue weighted by atomic mass is 10.1. The molecule has 19 heavy (non-hydrogen) atoms. The van der Waals surface area contributed by atoms with Gasteiger partial charge in [-0.1, -0.05) is 13.8 Å². The van der Waals surface area contributed by atoms with Crippen molar-refractivity contribution < 1.29 is 9.90 Å². The molecule has 0 saturated carbocycles. The number of rotatable bonds is 4. The van der Waals surface area contributed by atoms with Crippen LogP contribution >= 0.6 is 11.3 Å². The largest absolute Gasteiger partial charge is 0.477 e. The van der Waals surface area contributed by atoms with Gasteiger partial charge in [-0.25, -0.2) is 14.8 Å². The number of aryl methyl sites for hydroxylation is 1. The SMILES string of the molecule is Cc1c(C(=O)O)sc2ncnc(N(C)CC(C)C)c12. The van der Waals surface area contributed by atoms with Gasteiger partial charge in [0.25, 0.3) is 0 Å². The predicted molar refractivity (Wildman–Crippen MR) is 77.2 cm³/mol. The number of nitrogens with zero attached hydrogens (tertiary/aromatic N) is 3. The van der Waals surface area contributed by atoms with Crippen molar-refractivity contribution in [3.8, 4) is 0 Å². The molecule has 0 aliphatic rings. The van der Waals surface area contributed by atoms with E-state index in [1.54, 1.807) is 0 Å². The molecule has 2 aromatic heterocycles. The molecule has 0 aliphatic heterocycles. The molecule has 0 spiro atoms. The zero-order valence-corrected chi connectivity index (χ0v) is 12.3. The molecule has 2 aromatic rings. The van der Waals surface area contributed by atoms with E-state index in [1.165, 1.54) is 17.7 Å². The zero-order valence-electron chi connectivity index (χ0n) is 11.5. The van der Waals surface area contributed by atoms with Crippen molar-refractivity contribution in [2.75, 3.05) is 18.5 Å². The third kappa shape index (κ3) is 2.53. The van der Waals surface area contributed by atoms with Crippen LogP contribution in [0, 0.1) is 12.8 Å². The smallest absolute Gasteiger partial charge is 0.346 e. The van der Waals surface area contributed by atoms with E-state index in [0.29, 0.717) is 10.8 Å². The summed E-state index contributed by atoms with van der Waals surface area (Å²) in [5.41, 5.74) is 0.749. The van der Waals surface area contributed by atoms with Crippen molar-refractivity contribution in [1.82, 2.24) is 9.97 Å². The number of carboxylic acid groups (broad SMARTS) is 1. The zero-order chi connectivity index (χ0) is 14.2. The van der Waals surface area contributed by atoms with Gasteiger partial charge >= 0.3 is 5.97 Å². The number of carbonyl (C=O) groups is 1. The summed E-state index contributed by atoms with van der Waals surface area (Å²) < 4.78 is 0. The van der Waals surface area contributed by atoms with Crippen LogP contribution in [0.4, 0.5) is 5.82 Å². The second-order valence-corrected chi connectivity index (χ2v) is 6.01. The molecule has 0 unspecified atom stereocenters. The Balaban J connectivity index is 2.59. The maximum absolute atomic E-state index is 11.2. The molecule has 2 heterocycles. The van der Waals surface area contributed by atoms with Gasteiger partial charge in [0.15, 0.2) is 0 Å². The molecule has 2 rings (SSSR count). The maximum Gasteiger partial charge on any atom is 0.346 e. The number of fused-ring (bicyclic) bond motifs is 1. The Labute approximate surface area is 115 Å².